The first-order valence-electron chi connectivity index (χ1n) is 4.35. The Morgan fingerprint density at radius 3 is 2.50 bits per heavy atom. The van der Waals surface area contributed by atoms with E-state index in [1.807, 2.05) is 13.8 Å². The zero-order chi connectivity index (χ0) is 11.2. The number of hydrogen-bond acceptors (Lipinski definition) is 3. The molecule has 0 radical (unpaired) electrons. The second-order valence-electron chi connectivity index (χ2n) is 3.09. The minimum Gasteiger partial charge on any atom is -0.370 e. The lowest BCUT2D eigenvalue weighted by Crippen LogP contribution is -2.37. The molecule has 84 valence electrons. The Labute approximate surface area is 85.0 Å². The zero-order valence-corrected chi connectivity index (χ0v) is 9.56. The predicted molar refractivity (Wildman–Crippen MR) is 57.6 cm³/mol. The highest BCUT2D eigenvalue weighted by Gasteiger charge is 2.05. The maximum atomic E-state index is 11.0. The Morgan fingerprint density at radius 1 is 1.50 bits per heavy atom. The van der Waals surface area contributed by atoms with E-state index < -0.39 is 10.0 Å². The number of hydrogen-bond donors (Lipinski definition) is 3. The summed E-state index contributed by atoms with van der Waals surface area (Å²) >= 11 is 0. The minimum absolute atomic E-state index is 0.0516. The van der Waals surface area contributed by atoms with Crippen LogP contribution < -0.4 is 15.8 Å². The quantitative estimate of drug-likeness (QED) is 0.404. The van der Waals surface area contributed by atoms with E-state index in [0.29, 0.717) is 0 Å². The van der Waals surface area contributed by atoms with E-state index in [9.17, 15) is 8.42 Å². The Balaban J connectivity index is 3.94. The van der Waals surface area contributed by atoms with Crippen LogP contribution in [0.4, 0.5) is 0 Å². The molecule has 0 saturated heterocycles. The molecule has 6 nitrogen and oxygen atoms in total. The smallest absolute Gasteiger partial charge is 0.213 e. The van der Waals surface area contributed by atoms with Crippen molar-refractivity contribution >= 4 is 16.0 Å². The van der Waals surface area contributed by atoms with Crippen LogP contribution in [0.3, 0.4) is 0 Å². The third kappa shape index (κ3) is 6.67. The number of guanidine groups is 1. The number of nitrogens with one attached hydrogen (secondary N) is 2. The SMILES string of the molecule is CNS(=O)(=O)CCN=C(N)NC(C)C. The van der Waals surface area contributed by atoms with Crippen LogP contribution in [0.5, 0.6) is 0 Å². The van der Waals surface area contributed by atoms with Gasteiger partial charge in [0.05, 0.1) is 12.3 Å². The molecule has 0 fully saturated rings. The van der Waals surface area contributed by atoms with Crippen molar-refractivity contribution in [1.82, 2.24) is 10.0 Å². The van der Waals surface area contributed by atoms with Gasteiger partial charge in [-0.05, 0) is 20.9 Å². The summed E-state index contributed by atoms with van der Waals surface area (Å²) in [4.78, 5) is 3.86. The fourth-order valence-corrected chi connectivity index (χ4v) is 1.27. The van der Waals surface area contributed by atoms with Gasteiger partial charge in [-0.3, -0.25) is 4.99 Å². The first kappa shape index (κ1) is 13.2. The summed E-state index contributed by atoms with van der Waals surface area (Å²) in [5.74, 6) is 0.218. The van der Waals surface area contributed by atoms with E-state index in [1.165, 1.54) is 7.05 Å². The highest BCUT2D eigenvalue weighted by Crippen LogP contribution is 1.83. The fourth-order valence-electron chi connectivity index (χ4n) is 0.730. The molecule has 7 heteroatoms. The van der Waals surface area contributed by atoms with Gasteiger partial charge >= 0.3 is 0 Å². The maximum Gasteiger partial charge on any atom is 0.213 e. The van der Waals surface area contributed by atoms with Crippen molar-refractivity contribution in [1.29, 1.82) is 0 Å². The van der Waals surface area contributed by atoms with Gasteiger partial charge in [0, 0.05) is 6.04 Å². The molecule has 0 aromatic carbocycles. The molecule has 0 rings (SSSR count). The van der Waals surface area contributed by atoms with Crippen LogP contribution in [-0.2, 0) is 10.0 Å². The van der Waals surface area contributed by atoms with E-state index in [-0.39, 0.29) is 24.3 Å². The second kappa shape index (κ2) is 5.82. The van der Waals surface area contributed by atoms with E-state index in [4.69, 9.17) is 5.73 Å². The fraction of sp³-hybridized carbons (Fsp3) is 0.857. The summed E-state index contributed by atoms with van der Waals surface area (Å²) < 4.78 is 24.1. The second-order valence-corrected chi connectivity index (χ2v) is 5.13. The van der Waals surface area contributed by atoms with E-state index in [0.717, 1.165) is 0 Å². The first-order valence-corrected chi connectivity index (χ1v) is 6.00. The predicted octanol–water partition coefficient (Wildman–Crippen LogP) is -1.15. The van der Waals surface area contributed by atoms with Gasteiger partial charge < -0.3 is 11.1 Å². The molecule has 0 saturated carbocycles. The number of aliphatic imine (C=N–C) groups is 1. The van der Waals surface area contributed by atoms with Crippen molar-refractivity contribution in [3.05, 3.63) is 0 Å². The molecule has 0 amide bonds. The molecule has 0 heterocycles. The van der Waals surface area contributed by atoms with Gasteiger partial charge in [-0.15, -0.1) is 0 Å². The van der Waals surface area contributed by atoms with Crippen LogP contribution in [-0.4, -0.2) is 39.8 Å². The van der Waals surface area contributed by atoms with Crippen molar-refractivity contribution in [2.45, 2.75) is 19.9 Å². The lowest BCUT2D eigenvalue weighted by molar-refractivity contribution is 0.588. The Morgan fingerprint density at radius 2 is 2.07 bits per heavy atom. The van der Waals surface area contributed by atoms with Gasteiger partial charge in [0.15, 0.2) is 5.96 Å². The van der Waals surface area contributed by atoms with Gasteiger partial charge in [0.1, 0.15) is 0 Å². The summed E-state index contributed by atoms with van der Waals surface area (Å²) in [5, 5.41) is 2.86. The van der Waals surface area contributed by atoms with Gasteiger partial charge in [0.2, 0.25) is 10.0 Å². The average Bonchev–Trinajstić information content (AvgIpc) is 2.02. The molecule has 0 bridgehead atoms. The highest BCUT2D eigenvalue weighted by atomic mass is 32.2. The molecule has 0 aromatic heterocycles. The van der Waals surface area contributed by atoms with Crippen molar-refractivity contribution in [3.63, 3.8) is 0 Å². The zero-order valence-electron chi connectivity index (χ0n) is 8.74. The summed E-state index contributed by atoms with van der Waals surface area (Å²) in [6.45, 7) is 4.01. The molecule has 0 spiro atoms. The first-order chi connectivity index (χ1) is 6.37. The average molecular weight is 222 g/mol. The van der Waals surface area contributed by atoms with Crippen molar-refractivity contribution in [2.75, 3.05) is 19.3 Å². The lowest BCUT2D eigenvalue weighted by atomic mass is 10.4. The molecule has 0 aromatic rings. The summed E-state index contributed by atoms with van der Waals surface area (Å²) in [6, 6.07) is 0.194. The monoisotopic (exact) mass is 222 g/mol. The molecule has 0 atom stereocenters. The molecule has 0 aliphatic carbocycles. The van der Waals surface area contributed by atoms with Crippen LogP contribution in [0.15, 0.2) is 4.99 Å². The van der Waals surface area contributed by atoms with E-state index in [1.54, 1.807) is 0 Å². The van der Waals surface area contributed by atoms with E-state index >= 15 is 0 Å². The Bertz CT molecular complexity index is 284. The number of nitrogens with zero attached hydrogens (tertiary/aromatic N) is 1. The maximum absolute atomic E-state index is 11.0. The standard InChI is InChI=1S/C7H18N4O2S/c1-6(2)11-7(8)10-4-5-14(12,13)9-3/h6,9H,4-5H2,1-3H3,(H3,8,10,11). The Kier molecular flexibility index (Phi) is 5.47. The van der Waals surface area contributed by atoms with Gasteiger partial charge in [-0.25, -0.2) is 13.1 Å². The van der Waals surface area contributed by atoms with Gasteiger partial charge in [-0.1, -0.05) is 0 Å². The third-order valence-electron chi connectivity index (χ3n) is 1.39. The van der Waals surface area contributed by atoms with Crippen molar-refractivity contribution in [2.24, 2.45) is 10.7 Å². The highest BCUT2D eigenvalue weighted by molar-refractivity contribution is 7.89. The molecule has 0 aliphatic heterocycles. The van der Waals surface area contributed by atoms with Crippen LogP contribution in [0, 0.1) is 0 Å². The Hall–Kier alpha value is -0.820. The third-order valence-corrected chi connectivity index (χ3v) is 2.73. The molecule has 0 unspecified atom stereocenters. The molecule has 0 aliphatic rings. The summed E-state index contributed by atoms with van der Waals surface area (Å²) in [7, 11) is -1.81. The molecule has 4 N–H and O–H groups in total. The van der Waals surface area contributed by atoms with E-state index in [2.05, 4.69) is 15.0 Å². The largest absolute Gasteiger partial charge is 0.370 e. The number of rotatable bonds is 5. The number of nitrogens with two attached hydrogens (primary N) is 1. The van der Waals surface area contributed by atoms with Crippen molar-refractivity contribution in [3.8, 4) is 0 Å². The molecular weight excluding hydrogens is 204 g/mol. The summed E-state index contributed by atoms with van der Waals surface area (Å²) in [5.41, 5.74) is 5.47. The van der Waals surface area contributed by atoms with Crippen molar-refractivity contribution < 1.29 is 8.42 Å². The van der Waals surface area contributed by atoms with Gasteiger partial charge in [0.25, 0.3) is 0 Å². The molecule has 14 heavy (non-hydrogen) atoms. The van der Waals surface area contributed by atoms with Crippen LogP contribution >= 0.6 is 0 Å². The van der Waals surface area contributed by atoms with Crippen LogP contribution in [0.2, 0.25) is 0 Å². The molecular formula is C7H18N4O2S. The van der Waals surface area contributed by atoms with Gasteiger partial charge in [-0.2, -0.15) is 0 Å². The summed E-state index contributed by atoms with van der Waals surface area (Å²) in [6.07, 6.45) is 0. The normalized spacial score (nSPS) is 13.3. The topological polar surface area (TPSA) is 96.6 Å². The number of sulfonamides is 1. The van der Waals surface area contributed by atoms with Crippen LogP contribution in [0.25, 0.3) is 0 Å². The minimum atomic E-state index is -3.18. The lowest BCUT2D eigenvalue weighted by Gasteiger charge is -2.08. The van der Waals surface area contributed by atoms with Crippen LogP contribution in [0.1, 0.15) is 13.8 Å².